The standard InChI is InChI=1S/C9H13NO2S/c1-5(2)8-3-6(11)9(13-8)7(12)4-10/h3,5,11H,4,10H2,1-2H3. The van der Waals surface area contributed by atoms with Crippen molar-refractivity contribution < 1.29 is 9.90 Å². The van der Waals surface area contributed by atoms with Gasteiger partial charge in [-0.25, -0.2) is 0 Å². The van der Waals surface area contributed by atoms with Crippen molar-refractivity contribution in [3.63, 3.8) is 0 Å². The average Bonchev–Trinajstić information content (AvgIpc) is 2.46. The molecule has 0 aromatic carbocycles. The second-order valence-corrected chi connectivity index (χ2v) is 4.23. The Morgan fingerprint density at radius 3 is 2.69 bits per heavy atom. The van der Waals surface area contributed by atoms with Gasteiger partial charge in [-0.15, -0.1) is 11.3 Å². The zero-order chi connectivity index (χ0) is 10.0. The summed E-state index contributed by atoms with van der Waals surface area (Å²) in [6.45, 7) is 3.98. The largest absolute Gasteiger partial charge is 0.506 e. The van der Waals surface area contributed by atoms with Gasteiger partial charge < -0.3 is 10.8 Å². The lowest BCUT2D eigenvalue weighted by Crippen LogP contribution is -2.12. The Labute approximate surface area is 81.2 Å². The van der Waals surface area contributed by atoms with Crippen LogP contribution in [-0.2, 0) is 0 Å². The molecule has 0 amide bonds. The minimum atomic E-state index is -0.200. The quantitative estimate of drug-likeness (QED) is 0.728. The highest BCUT2D eigenvalue weighted by molar-refractivity contribution is 7.14. The monoisotopic (exact) mass is 199 g/mol. The molecule has 0 atom stereocenters. The number of Topliss-reactive ketones (excluding diaryl/α,β-unsaturated/α-hetero) is 1. The maximum atomic E-state index is 11.2. The van der Waals surface area contributed by atoms with Crippen molar-refractivity contribution in [2.45, 2.75) is 19.8 Å². The number of ketones is 1. The molecular formula is C9H13NO2S. The van der Waals surface area contributed by atoms with Crippen LogP contribution in [0.2, 0.25) is 0 Å². The smallest absolute Gasteiger partial charge is 0.190 e. The minimum Gasteiger partial charge on any atom is -0.506 e. The fourth-order valence-corrected chi connectivity index (χ4v) is 1.98. The van der Waals surface area contributed by atoms with Crippen molar-refractivity contribution in [3.05, 3.63) is 15.8 Å². The van der Waals surface area contributed by atoms with Gasteiger partial charge in [0.25, 0.3) is 0 Å². The number of aromatic hydroxyl groups is 1. The lowest BCUT2D eigenvalue weighted by atomic mass is 10.2. The normalized spacial score (nSPS) is 10.8. The van der Waals surface area contributed by atoms with Gasteiger partial charge in [-0.1, -0.05) is 13.8 Å². The summed E-state index contributed by atoms with van der Waals surface area (Å²) in [4.78, 5) is 12.6. The number of hydrogen-bond donors (Lipinski definition) is 2. The Balaban J connectivity index is 3.03. The maximum absolute atomic E-state index is 11.2. The summed E-state index contributed by atoms with van der Waals surface area (Å²) < 4.78 is 0. The molecule has 0 bridgehead atoms. The van der Waals surface area contributed by atoms with Crippen LogP contribution in [0.3, 0.4) is 0 Å². The highest BCUT2D eigenvalue weighted by atomic mass is 32.1. The second-order valence-electron chi connectivity index (χ2n) is 3.15. The van der Waals surface area contributed by atoms with Gasteiger partial charge in [0.05, 0.1) is 6.54 Å². The van der Waals surface area contributed by atoms with E-state index in [2.05, 4.69) is 0 Å². The van der Waals surface area contributed by atoms with E-state index in [0.717, 1.165) is 4.88 Å². The first-order valence-corrected chi connectivity index (χ1v) is 4.94. The van der Waals surface area contributed by atoms with Gasteiger partial charge in [0.1, 0.15) is 10.6 Å². The van der Waals surface area contributed by atoms with Crippen molar-refractivity contribution in [3.8, 4) is 5.75 Å². The third-order valence-electron chi connectivity index (χ3n) is 1.74. The van der Waals surface area contributed by atoms with Gasteiger partial charge in [0, 0.05) is 4.88 Å². The van der Waals surface area contributed by atoms with Gasteiger partial charge in [-0.3, -0.25) is 4.79 Å². The third-order valence-corrected chi connectivity index (χ3v) is 3.21. The van der Waals surface area contributed by atoms with E-state index < -0.39 is 0 Å². The molecule has 0 aliphatic rings. The Morgan fingerprint density at radius 1 is 1.69 bits per heavy atom. The zero-order valence-electron chi connectivity index (χ0n) is 7.70. The van der Waals surface area contributed by atoms with Crippen LogP contribution in [0.4, 0.5) is 0 Å². The third kappa shape index (κ3) is 2.08. The van der Waals surface area contributed by atoms with Crippen molar-refractivity contribution in [1.82, 2.24) is 0 Å². The summed E-state index contributed by atoms with van der Waals surface area (Å²) in [5.74, 6) is 0.189. The van der Waals surface area contributed by atoms with E-state index in [0.29, 0.717) is 10.8 Å². The van der Waals surface area contributed by atoms with Gasteiger partial charge in [0.2, 0.25) is 0 Å². The summed E-state index contributed by atoms with van der Waals surface area (Å²) in [6, 6.07) is 1.64. The average molecular weight is 199 g/mol. The number of rotatable bonds is 3. The predicted octanol–water partition coefficient (Wildman–Crippen LogP) is 1.72. The van der Waals surface area contributed by atoms with E-state index in [1.807, 2.05) is 13.8 Å². The molecule has 0 fully saturated rings. The molecule has 0 aliphatic carbocycles. The summed E-state index contributed by atoms with van der Waals surface area (Å²) in [5.41, 5.74) is 5.20. The Hall–Kier alpha value is -0.870. The van der Waals surface area contributed by atoms with E-state index in [1.54, 1.807) is 6.07 Å². The highest BCUT2D eigenvalue weighted by Gasteiger charge is 2.15. The number of carbonyl (C=O) groups is 1. The number of nitrogens with two attached hydrogens (primary N) is 1. The van der Waals surface area contributed by atoms with E-state index >= 15 is 0 Å². The van der Waals surface area contributed by atoms with Crippen LogP contribution in [-0.4, -0.2) is 17.4 Å². The van der Waals surface area contributed by atoms with Gasteiger partial charge >= 0.3 is 0 Å². The molecule has 0 unspecified atom stereocenters. The van der Waals surface area contributed by atoms with E-state index in [1.165, 1.54) is 11.3 Å². The van der Waals surface area contributed by atoms with E-state index in [9.17, 15) is 9.90 Å². The molecule has 0 aliphatic heterocycles. The molecule has 3 N–H and O–H groups in total. The molecule has 0 saturated heterocycles. The van der Waals surface area contributed by atoms with Crippen molar-refractivity contribution in [2.24, 2.45) is 5.73 Å². The Kier molecular flexibility index (Phi) is 3.06. The van der Waals surface area contributed by atoms with Crippen LogP contribution in [0, 0.1) is 0 Å². The second kappa shape index (κ2) is 3.89. The van der Waals surface area contributed by atoms with Crippen LogP contribution in [0.5, 0.6) is 5.75 Å². The number of hydrogen-bond acceptors (Lipinski definition) is 4. The maximum Gasteiger partial charge on any atom is 0.190 e. The Morgan fingerprint density at radius 2 is 2.31 bits per heavy atom. The fraction of sp³-hybridized carbons (Fsp3) is 0.444. The lowest BCUT2D eigenvalue weighted by Gasteiger charge is -1.96. The van der Waals surface area contributed by atoms with E-state index in [-0.39, 0.29) is 18.1 Å². The minimum absolute atomic E-state index is 0.0500. The molecule has 4 heteroatoms. The summed E-state index contributed by atoms with van der Waals surface area (Å²) in [5, 5.41) is 9.42. The number of carbonyl (C=O) groups excluding carboxylic acids is 1. The van der Waals surface area contributed by atoms with E-state index in [4.69, 9.17) is 5.73 Å². The molecule has 1 aromatic rings. The first kappa shape index (κ1) is 10.2. The number of thiophene rings is 1. The lowest BCUT2D eigenvalue weighted by molar-refractivity contribution is 0.100. The van der Waals surface area contributed by atoms with Crippen LogP contribution >= 0.6 is 11.3 Å². The molecule has 13 heavy (non-hydrogen) atoms. The highest BCUT2D eigenvalue weighted by Crippen LogP contribution is 2.32. The van der Waals surface area contributed by atoms with Crippen molar-refractivity contribution in [1.29, 1.82) is 0 Å². The molecule has 0 radical (unpaired) electrons. The van der Waals surface area contributed by atoms with Crippen molar-refractivity contribution in [2.75, 3.05) is 6.54 Å². The zero-order valence-corrected chi connectivity index (χ0v) is 8.52. The summed E-state index contributed by atoms with van der Waals surface area (Å²) in [7, 11) is 0. The first-order chi connectivity index (χ1) is 6.06. The Bertz CT molecular complexity index is 317. The van der Waals surface area contributed by atoms with Crippen LogP contribution in [0.15, 0.2) is 6.07 Å². The summed E-state index contributed by atoms with van der Waals surface area (Å²) >= 11 is 1.32. The molecule has 1 heterocycles. The first-order valence-electron chi connectivity index (χ1n) is 4.12. The van der Waals surface area contributed by atoms with Gasteiger partial charge in [0.15, 0.2) is 5.78 Å². The predicted molar refractivity (Wildman–Crippen MR) is 53.5 cm³/mol. The van der Waals surface area contributed by atoms with Crippen molar-refractivity contribution >= 4 is 17.1 Å². The van der Waals surface area contributed by atoms with Gasteiger partial charge in [-0.2, -0.15) is 0 Å². The molecule has 3 nitrogen and oxygen atoms in total. The molecular weight excluding hydrogens is 186 g/mol. The van der Waals surface area contributed by atoms with Crippen LogP contribution in [0.25, 0.3) is 0 Å². The summed E-state index contributed by atoms with van der Waals surface area (Å²) in [6.07, 6.45) is 0. The fourth-order valence-electron chi connectivity index (χ4n) is 0.977. The molecule has 72 valence electrons. The van der Waals surface area contributed by atoms with Crippen LogP contribution < -0.4 is 5.73 Å². The molecule has 1 aromatic heterocycles. The molecule has 1 rings (SSSR count). The molecule has 0 saturated carbocycles. The molecule has 0 spiro atoms. The van der Waals surface area contributed by atoms with Crippen LogP contribution in [0.1, 0.15) is 34.3 Å². The van der Waals surface area contributed by atoms with Gasteiger partial charge in [-0.05, 0) is 12.0 Å². The SMILES string of the molecule is CC(C)c1cc(O)c(C(=O)CN)s1. The topological polar surface area (TPSA) is 63.3 Å².